The monoisotopic (exact) mass is 296 g/mol. The third-order valence-corrected chi connectivity index (χ3v) is 3.25. The molecule has 0 aliphatic carbocycles. The van der Waals surface area contributed by atoms with E-state index in [1.54, 1.807) is 17.9 Å². The maximum Gasteiger partial charge on any atom is 0.273 e. The van der Waals surface area contributed by atoms with Gasteiger partial charge in [0.25, 0.3) is 5.91 Å². The van der Waals surface area contributed by atoms with E-state index in [1.165, 1.54) is 11.0 Å². The second-order valence-electron chi connectivity index (χ2n) is 4.37. The number of hydrogen-bond donors (Lipinski definition) is 1. The van der Waals surface area contributed by atoms with Crippen LogP contribution in [0.25, 0.3) is 0 Å². The van der Waals surface area contributed by atoms with Gasteiger partial charge in [-0.3, -0.25) is 9.48 Å². The van der Waals surface area contributed by atoms with Crippen LogP contribution in [0, 0.1) is 0 Å². The first kappa shape index (κ1) is 14.5. The average Bonchev–Trinajstić information content (AvgIpc) is 3.01. The van der Waals surface area contributed by atoms with Crippen molar-refractivity contribution in [3.63, 3.8) is 0 Å². The predicted octanol–water partition coefficient (Wildman–Crippen LogP) is 1.57. The van der Waals surface area contributed by atoms with Gasteiger partial charge in [0.1, 0.15) is 12.2 Å². The first-order valence-electron chi connectivity index (χ1n) is 6.44. The topological polar surface area (TPSA) is 77.6 Å². The lowest BCUT2D eigenvalue weighted by Crippen LogP contribution is -2.31. The summed E-state index contributed by atoms with van der Waals surface area (Å²) < 4.78 is 3.27. The van der Waals surface area contributed by atoms with Crippen LogP contribution in [0.1, 0.15) is 42.6 Å². The molecular formula is C12H17ClN6O. The molecule has 0 bridgehead atoms. The molecule has 0 fully saturated rings. The summed E-state index contributed by atoms with van der Waals surface area (Å²) in [6.07, 6.45) is 3.78. The number of carbonyl (C=O) groups is 1. The van der Waals surface area contributed by atoms with Crippen LogP contribution in [0.3, 0.4) is 0 Å². The van der Waals surface area contributed by atoms with Crippen molar-refractivity contribution in [2.24, 2.45) is 7.05 Å². The smallest absolute Gasteiger partial charge is 0.273 e. The largest absolute Gasteiger partial charge is 0.341 e. The first-order valence-corrected chi connectivity index (χ1v) is 6.82. The summed E-state index contributed by atoms with van der Waals surface area (Å²) in [5.41, 5.74) is 0.218. The van der Waals surface area contributed by atoms with E-state index in [1.807, 2.05) is 13.8 Å². The third-order valence-electron chi connectivity index (χ3n) is 2.97. The van der Waals surface area contributed by atoms with Gasteiger partial charge in [-0.1, -0.05) is 18.5 Å². The second-order valence-corrected chi connectivity index (χ2v) is 4.77. The van der Waals surface area contributed by atoms with E-state index in [9.17, 15) is 4.79 Å². The number of rotatable bonds is 5. The summed E-state index contributed by atoms with van der Waals surface area (Å²) in [5, 5.41) is 11.4. The van der Waals surface area contributed by atoms with E-state index < -0.39 is 0 Å². The van der Waals surface area contributed by atoms with Gasteiger partial charge in [0.15, 0.2) is 5.69 Å². The number of amides is 1. The van der Waals surface area contributed by atoms with Gasteiger partial charge in [0.05, 0.1) is 11.1 Å². The first-order chi connectivity index (χ1) is 9.56. The number of nitrogens with zero attached hydrogens (tertiary/aromatic N) is 5. The van der Waals surface area contributed by atoms with Gasteiger partial charge in [0, 0.05) is 19.8 Å². The fourth-order valence-corrected chi connectivity index (χ4v) is 2.24. The van der Waals surface area contributed by atoms with Gasteiger partial charge >= 0.3 is 0 Å². The molecule has 0 aliphatic heterocycles. The molecule has 0 saturated carbocycles. The van der Waals surface area contributed by atoms with Gasteiger partial charge in [-0.15, -0.1) is 0 Å². The van der Waals surface area contributed by atoms with Gasteiger partial charge in [-0.05, 0) is 13.3 Å². The number of aryl methyl sites for hydroxylation is 2. The van der Waals surface area contributed by atoms with Crippen LogP contribution in [-0.4, -0.2) is 30.5 Å². The number of halogens is 1. The van der Waals surface area contributed by atoms with Crippen molar-refractivity contribution in [2.75, 3.05) is 0 Å². The molecule has 2 aromatic rings. The molecule has 1 amide bonds. The summed E-state index contributed by atoms with van der Waals surface area (Å²) >= 11 is 5.97. The SMILES string of the molecule is CC[C@H](NC(=O)c1nn(C)cc1Cl)c1ncnn1CC. The highest BCUT2D eigenvalue weighted by atomic mass is 35.5. The molecule has 1 N–H and O–H groups in total. The molecule has 20 heavy (non-hydrogen) atoms. The minimum Gasteiger partial charge on any atom is -0.341 e. The second kappa shape index (κ2) is 6.04. The summed E-state index contributed by atoms with van der Waals surface area (Å²) in [4.78, 5) is 16.4. The van der Waals surface area contributed by atoms with Crippen molar-refractivity contribution in [3.05, 3.63) is 29.1 Å². The summed E-state index contributed by atoms with van der Waals surface area (Å²) in [5.74, 6) is 0.420. The Morgan fingerprint density at radius 3 is 2.80 bits per heavy atom. The van der Waals surface area contributed by atoms with E-state index in [0.717, 1.165) is 5.82 Å². The molecule has 7 nitrogen and oxygen atoms in total. The maximum absolute atomic E-state index is 12.2. The maximum atomic E-state index is 12.2. The van der Waals surface area contributed by atoms with Gasteiger partial charge in [0.2, 0.25) is 0 Å². The fourth-order valence-electron chi connectivity index (χ4n) is 1.98. The summed E-state index contributed by atoms with van der Waals surface area (Å²) in [7, 11) is 1.72. The van der Waals surface area contributed by atoms with E-state index in [2.05, 4.69) is 20.5 Å². The van der Waals surface area contributed by atoms with Crippen LogP contribution < -0.4 is 5.32 Å². The molecule has 0 aromatic carbocycles. The minimum atomic E-state index is -0.312. The molecule has 2 heterocycles. The molecular weight excluding hydrogens is 280 g/mol. The van der Waals surface area contributed by atoms with Crippen molar-refractivity contribution >= 4 is 17.5 Å². The van der Waals surface area contributed by atoms with Crippen molar-refractivity contribution in [1.82, 2.24) is 29.9 Å². The van der Waals surface area contributed by atoms with Gasteiger partial charge in [-0.25, -0.2) is 9.67 Å². The Morgan fingerprint density at radius 1 is 1.50 bits per heavy atom. The normalized spacial score (nSPS) is 12.4. The van der Waals surface area contributed by atoms with Crippen LogP contribution in [-0.2, 0) is 13.6 Å². The van der Waals surface area contributed by atoms with Crippen molar-refractivity contribution in [3.8, 4) is 0 Å². The molecule has 2 aromatic heterocycles. The van der Waals surface area contributed by atoms with Crippen molar-refractivity contribution in [2.45, 2.75) is 32.9 Å². The van der Waals surface area contributed by atoms with Gasteiger partial charge in [-0.2, -0.15) is 10.2 Å². The molecule has 0 spiro atoms. The lowest BCUT2D eigenvalue weighted by Gasteiger charge is -2.16. The Hall–Kier alpha value is -1.89. The van der Waals surface area contributed by atoms with Crippen LogP contribution in [0.5, 0.6) is 0 Å². The molecule has 0 unspecified atom stereocenters. The fraction of sp³-hybridized carbons (Fsp3) is 0.500. The van der Waals surface area contributed by atoms with E-state index >= 15 is 0 Å². The summed E-state index contributed by atoms with van der Waals surface area (Å²) in [6.45, 7) is 4.65. The zero-order valence-corrected chi connectivity index (χ0v) is 12.4. The standard InChI is InChI=1S/C12H17ClN6O/c1-4-9(11-14-7-15-19(11)5-2)16-12(20)10-8(13)6-18(3)17-10/h6-7,9H,4-5H2,1-3H3,(H,16,20)/t9-/m0/s1. The molecule has 0 aliphatic rings. The van der Waals surface area contributed by atoms with E-state index in [-0.39, 0.29) is 17.6 Å². The number of carbonyl (C=O) groups excluding carboxylic acids is 1. The van der Waals surface area contributed by atoms with Gasteiger partial charge < -0.3 is 5.32 Å². The van der Waals surface area contributed by atoms with Crippen molar-refractivity contribution in [1.29, 1.82) is 0 Å². The Bertz CT molecular complexity index is 605. The molecule has 2 rings (SSSR count). The highest BCUT2D eigenvalue weighted by molar-refractivity contribution is 6.33. The zero-order chi connectivity index (χ0) is 14.7. The van der Waals surface area contributed by atoms with Crippen LogP contribution in [0.2, 0.25) is 5.02 Å². The average molecular weight is 297 g/mol. The van der Waals surface area contributed by atoms with Crippen LogP contribution in [0.15, 0.2) is 12.5 Å². The summed E-state index contributed by atoms with van der Waals surface area (Å²) in [6, 6.07) is -0.219. The Labute approximate surface area is 121 Å². The molecule has 0 saturated heterocycles. The highest BCUT2D eigenvalue weighted by Crippen LogP contribution is 2.17. The highest BCUT2D eigenvalue weighted by Gasteiger charge is 2.22. The number of hydrogen-bond acceptors (Lipinski definition) is 4. The molecule has 0 radical (unpaired) electrons. The Kier molecular flexibility index (Phi) is 4.39. The minimum absolute atomic E-state index is 0.218. The zero-order valence-electron chi connectivity index (χ0n) is 11.7. The molecule has 108 valence electrons. The van der Waals surface area contributed by atoms with Crippen LogP contribution >= 0.6 is 11.6 Å². The Balaban J connectivity index is 2.18. The van der Waals surface area contributed by atoms with Crippen molar-refractivity contribution < 1.29 is 4.79 Å². The number of aromatic nitrogens is 5. The third kappa shape index (κ3) is 2.82. The van der Waals surface area contributed by atoms with E-state index in [0.29, 0.717) is 18.0 Å². The van der Waals surface area contributed by atoms with Crippen LogP contribution in [0.4, 0.5) is 0 Å². The Morgan fingerprint density at radius 2 is 2.25 bits per heavy atom. The quantitative estimate of drug-likeness (QED) is 0.908. The molecule has 8 heteroatoms. The lowest BCUT2D eigenvalue weighted by molar-refractivity contribution is 0.0927. The number of nitrogens with one attached hydrogen (secondary N) is 1. The molecule has 1 atom stereocenters. The lowest BCUT2D eigenvalue weighted by atomic mass is 10.2. The van der Waals surface area contributed by atoms with E-state index in [4.69, 9.17) is 11.6 Å². The predicted molar refractivity (Wildman–Crippen MR) is 74.4 cm³/mol.